The largest absolute Gasteiger partial charge is 0.481 e. The Labute approximate surface area is 141 Å². The third-order valence-electron chi connectivity index (χ3n) is 4.36. The summed E-state index contributed by atoms with van der Waals surface area (Å²) in [4.78, 5) is 37.4. The highest BCUT2D eigenvalue weighted by atomic mass is 16.4. The molecular formula is C18H24N2O4. The summed E-state index contributed by atoms with van der Waals surface area (Å²) in [6.07, 6.45) is 2.70. The van der Waals surface area contributed by atoms with Gasteiger partial charge in [-0.05, 0) is 43.9 Å². The SMILES string of the molecule is CCCC(=O)N1CCCC1C(=O)Nc1cccc(C(C)C(=O)O)c1. The van der Waals surface area contributed by atoms with Crippen molar-refractivity contribution in [2.75, 3.05) is 11.9 Å². The molecule has 2 N–H and O–H groups in total. The highest BCUT2D eigenvalue weighted by molar-refractivity contribution is 5.97. The van der Waals surface area contributed by atoms with Crippen LogP contribution < -0.4 is 5.32 Å². The number of hydrogen-bond donors (Lipinski definition) is 2. The Bertz CT molecular complexity index is 629. The summed E-state index contributed by atoms with van der Waals surface area (Å²) in [5.74, 6) is -1.75. The third-order valence-corrected chi connectivity index (χ3v) is 4.36. The second-order valence-electron chi connectivity index (χ2n) is 6.17. The molecular weight excluding hydrogens is 308 g/mol. The Morgan fingerprint density at radius 3 is 2.79 bits per heavy atom. The van der Waals surface area contributed by atoms with Gasteiger partial charge in [-0.2, -0.15) is 0 Å². The number of nitrogens with one attached hydrogen (secondary N) is 1. The molecule has 1 saturated heterocycles. The standard InChI is InChI=1S/C18H24N2O4/c1-3-6-16(21)20-10-5-9-15(20)17(22)19-14-8-4-7-13(11-14)12(2)18(23)24/h4,7-8,11-12,15H,3,5-6,9-10H2,1-2H3,(H,19,22)(H,23,24). The number of amides is 2. The number of likely N-dealkylation sites (tertiary alicyclic amines) is 1. The Morgan fingerprint density at radius 1 is 1.38 bits per heavy atom. The minimum absolute atomic E-state index is 0.0170. The van der Waals surface area contributed by atoms with Gasteiger partial charge in [0, 0.05) is 18.7 Å². The molecule has 2 rings (SSSR count). The second-order valence-corrected chi connectivity index (χ2v) is 6.17. The fourth-order valence-electron chi connectivity index (χ4n) is 2.95. The highest BCUT2D eigenvalue weighted by Crippen LogP contribution is 2.23. The van der Waals surface area contributed by atoms with E-state index in [2.05, 4.69) is 5.32 Å². The summed E-state index contributed by atoms with van der Waals surface area (Å²) in [5.41, 5.74) is 1.19. The van der Waals surface area contributed by atoms with Crippen LogP contribution in [0.4, 0.5) is 5.69 Å². The van der Waals surface area contributed by atoms with Crippen LogP contribution in [0.5, 0.6) is 0 Å². The molecule has 1 heterocycles. The summed E-state index contributed by atoms with van der Waals surface area (Å²) >= 11 is 0. The van der Waals surface area contributed by atoms with Crippen LogP contribution in [0.3, 0.4) is 0 Å². The highest BCUT2D eigenvalue weighted by Gasteiger charge is 2.33. The topological polar surface area (TPSA) is 86.7 Å². The molecule has 2 amide bonds. The molecule has 0 saturated carbocycles. The van der Waals surface area contributed by atoms with E-state index in [-0.39, 0.29) is 11.8 Å². The van der Waals surface area contributed by atoms with Crippen LogP contribution in [0.1, 0.15) is 51.0 Å². The van der Waals surface area contributed by atoms with Crippen LogP contribution in [0.2, 0.25) is 0 Å². The summed E-state index contributed by atoms with van der Waals surface area (Å²) in [6, 6.07) is 6.40. The van der Waals surface area contributed by atoms with Crippen LogP contribution in [0.25, 0.3) is 0 Å². The van der Waals surface area contributed by atoms with Crippen molar-refractivity contribution >= 4 is 23.5 Å². The van der Waals surface area contributed by atoms with E-state index in [1.165, 1.54) is 0 Å². The van der Waals surface area contributed by atoms with E-state index < -0.39 is 17.9 Å². The first-order valence-electron chi connectivity index (χ1n) is 8.37. The minimum Gasteiger partial charge on any atom is -0.481 e. The zero-order valence-electron chi connectivity index (χ0n) is 14.1. The van der Waals surface area contributed by atoms with Gasteiger partial charge >= 0.3 is 5.97 Å². The number of anilines is 1. The molecule has 1 aromatic rings. The molecule has 6 nitrogen and oxygen atoms in total. The number of nitrogens with zero attached hydrogens (tertiary/aromatic N) is 1. The van der Waals surface area contributed by atoms with Gasteiger partial charge in [0.25, 0.3) is 0 Å². The first-order valence-corrected chi connectivity index (χ1v) is 8.37. The smallest absolute Gasteiger partial charge is 0.310 e. The lowest BCUT2D eigenvalue weighted by Crippen LogP contribution is -2.43. The van der Waals surface area contributed by atoms with Gasteiger partial charge in [0.05, 0.1) is 5.92 Å². The van der Waals surface area contributed by atoms with Crippen molar-refractivity contribution in [1.82, 2.24) is 4.90 Å². The first kappa shape index (κ1) is 18.0. The lowest BCUT2D eigenvalue weighted by molar-refractivity contribution is -0.138. The van der Waals surface area contributed by atoms with Crippen LogP contribution in [-0.4, -0.2) is 40.4 Å². The first-order chi connectivity index (χ1) is 11.4. The third kappa shape index (κ3) is 4.13. The monoisotopic (exact) mass is 332 g/mol. The van der Waals surface area contributed by atoms with Gasteiger partial charge in [-0.25, -0.2) is 0 Å². The Hall–Kier alpha value is -2.37. The number of carboxylic acids is 1. The van der Waals surface area contributed by atoms with Gasteiger partial charge in [0.2, 0.25) is 11.8 Å². The fourth-order valence-corrected chi connectivity index (χ4v) is 2.95. The van der Waals surface area contributed by atoms with Gasteiger partial charge in [-0.1, -0.05) is 19.1 Å². The minimum atomic E-state index is -0.911. The predicted octanol–water partition coefficient (Wildman–Crippen LogP) is 2.60. The van der Waals surface area contributed by atoms with Crippen molar-refractivity contribution in [2.45, 2.75) is 51.5 Å². The molecule has 1 aliphatic rings. The maximum Gasteiger partial charge on any atom is 0.310 e. The van der Waals surface area contributed by atoms with Gasteiger partial charge in [0.15, 0.2) is 0 Å². The predicted molar refractivity (Wildman–Crippen MR) is 90.8 cm³/mol. The number of aliphatic carboxylic acids is 1. The quantitative estimate of drug-likeness (QED) is 0.838. The lowest BCUT2D eigenvalue weighted by Gasteiger charge is -2.24. The molecule has 24 heavy (non-hydrogen) atoms. The normalized spacial score (nSPS) is 18.2. The van der Waals surface area contributed by atoms with E-state index in [1.54, 1.807) is 36.1 Å². The maximum atomic E-state index is 12.5. The number of benzene rings is 1. The fraction of sp³-hybridized carbons (Fsp3) is 0.500. The molecule has 0 aliphatic carbocycles. The van der Waals surface area contributed by atoms with Crippen LogP contribution in [0.15, 0.2) is 24.3 Å². The molecule has 0 radical (unpaired) electrons. The van der Waals surface area contributed by atoms with E-state index in [4.69, 9.17) is 5.11 Å². The second kappa shape index (κ2) is 7.95. The molecule has 1 aromatic carbocycles. The molecule has 2 unspecified atom stereocenters. The van der Waals surface area contributed by atoms with E-state index in [1.807, 2.05) is 6.92 Å². The van der Waals surface area contributed by atoms with Crippen molar-refractivity contribution in [3.63, 3.8) is 0 Å². The maximum absolute atomic E-state index is 12.5. The summed E-state index contributed by atoms with van der Waals surface area (Å²) in [5, 5.41) is 11.9. The van der Waals surface area contributed by atoms with Gasteiger partial charge in [-0.3, -0.25) is 14.4 Å². The van der Waals surface area contributed by atoms with Crippen LogP contribution in [-0.2, 0) is 14.4 Å². The zero-order chi connectivity index (χ0) is 17.7. The number of rotatable bonds is 6. The van der Waals surface area contributed by atoms with E-state index in [0.717, 1.165) is 12.8 Å². The number of carbonyl (C=O) groups is 3. The number of carboxylic acid groups (broad SMARTS) is 1. The van der Waals surface area contributed by atoms with Crippen molar-refractivity contribution in [3.05, 3.63) is 29.8 Å². The summed E-state index contributed by atoms with van der Waals surface area (Å²) in [7, 11) is 0. The van der Waals surface area contributed by atoms with E-state index in [0.29, 0.717) is 30.6 Å². The zero-order valence-corrected chi connectivity index (χ0v) is 14.1. The van der Waals surface area contributed by atoms with Gasteiger partial charge in [0.1, 0.15) is 6.04 Å². The number of hydrogen-bond acceptors (Lipinski definition) is 3. The molecule has 0 aromatic heterocycles. The molecule has 6 heteroatoms. The van der Waals surface area contributed by atoms with Crippen molar-refractivity contribution in [1.29, 1.82) is 0 Å². The molecule has 2 atom stereocenters. The molecule has 1 fully saturated rings. The number of carbonyl (C=O) groups excluding carboxylic acids is 2. The summed E-state index contributed by atoms with van der Waals surface area (Å²) < 4.78 is 0. The van der Waals surface area contributed by atoms with Crippen molar-refractivity contribution < 1.29 is 19.5 Å². The van der Waals surface area contributed by atoms with Crippen LogP contribution in [0, 0.1) is 0 Å². The molecule has 130 valence electrons. The van der Waals surface area contributed by atoms with E-state index >= 15 is 0 Å². The average Bonchev–Trinajstić information content (AvgIpc) is 3.04. The Balaban J connectivity index is 2.07. The molecule has 0 bridgehead atoms. The van der Waals surface area contributed by atoms with Crippen molar-refractivity contribution in [2.24, 2.45) is 0 Å². The van der Waals surface area contributed by atoms with Crippen LogP contribution >= 0.6 is 0 Å². The Kier molecular flexibility index (Phi) is 5.95. The van der Waals surface area contributed by atoms with E-state index in [9.17, 15) is 14.4 Å². The van der Waals surface area contributed by atoms with Gasteiger partial charge < -0.3 is 15.3 Å². The van der Waals surface area contributed by atoms with Gasteiger partial charge in [-0.15, -0.1) is 0 Å². The summed E-state index contributed by atoms with van der Waals surface area (Å²) in [6.45, 7) is 4.16. The van der Waals surface area contributed by atoms with Crippen molar-refractivity contribution in [3.8, 4) is 0 Å². The lowest BCUT2D eigenvalue weighted by atomic mass is 10.0. The molecule has 1 aliphatic heterocycles. The average molecular weight is 332 g/mol. The molecule has 0 spiro atoms. The Morgan fingerprint density at radius 2 is 2.12 bits per heavy atom.